The SMILES string of the molecule is O=C1O[C@@H](C2C=CC(F)=CC2)NC2N=C(c3c[nH]c4ncc(Cl)nc34)N=CC12. The minimum atomic E-state index is -0.625. The van der Waals surface area contributed by atoms with Crippen LogP contribution in [0.4, 0.5) is 4.39 Å². The van der Waals surface area contributed by atoms with Crippen molar-refractivity contribution in [2.75, 3.05) is 0 Å². The smallest absolute Gasteiger partial charge is 0.319 e. The summed E-state index contributed by atoms with van der Waals surface area (Å²) in [4.78, 5) is 32.8. The molecule has 10 heteroatoms. The number of allylic oxidation sites excluding steroid dienone is 3. The second-order valence-electron chi connectivity index (χ2n) is 6.67. The number of aliphatic imine (C=N–C) groups is 2. The summed E-state index contributed by atoms with van der Waals surface area (Å²) < 4.78 is 18.7. The molecule has 1 aliphatic carbocycles. The lowest BCUT2D eigenvalue weighted by Gasteiger charge is -2.37. The van der Waals surface area contributed by atoms with Crippen LogP contribution in [0.3, 0.4) is 0 Å². The Morgan fingerprint density at radius 2 is 2.25 bits per heavy atom. The standard InChI is InChI=1S/C18H14ClFN6O2/c19-12-7-23-16-13(24-12)10(5-22-16)14-21-6-11-15(25-14)26-17(28-18(11)27)8-1-3-9(20)4-2-8/h1,3-8,11,15,17,26H,2H2,(H,22,23)/t8?,11?,15?,17-/m0/s1. The number of esters is 1. The van der Waals surface area contributed by atoms with Crippen LogP contribution in [0.5, 0.6) is 0 Å². The minimum Gasteiger partial charge on any atom is -0.445 e. The first-order valence-electron chi connectivity index (χ1n) is 8.71. The Labute approximate surface area is 163 Å². The number of hydrogen-bond donors (Lipinski definition) is 2. The topological polar surface area (TPSA) is 105 Å². The lowest BCUT2D eigenvalue weighted by atomic mass is 9.95. The Morgan fingerprint density at radius 3 is 3.07 bits per heavy atom. The van der Waals surface area contributed by atoms with Crippen molar-refractivity contribution in [2.45, 2.75) is 18.8 Å². The fourth-order valence-electron chi connectivity index (χ4n) is 3.44. The van der Waals surface area contributed by atoms with Gasteiger partial charge in [0, 0.05) is 18.3 Å². The number of nitrogens with zero attached hydrogens (tertiary/aromatic N) is 4. The molecule has 2 aromatic heterocycles. The Balaban J connectivity index is 1.44. The molecule has 2 aliphatic heterocycles. The van der Waals surface area contributed by atoms with Crippen molar-refractivity contribution in [1.82, 2.24) is 20.3 Å². The van der Waals surface area contributed by atoms with Crippen molar-refractivity contribution < 1.29 is 13.9 Å². The number of H-pyrrole nitrogens is 1. The first-order valence-corrected chi connectivity index (χ1v) is 9.09. The van der Waals surface area contributed by atoms with E-state index in [2.05, 4.69) is 30.3 Å². The molecule has 0 radical (unpaired) electrons. The average molecular weight is 401 g/mol. The molecule has 2 aromatic rings. The summed E-state index contributed by atoms with van der Waals surface area (Å²) in [5.74, 6) is -1.08. The van der Waals surface area contributed by atoms with Gasteiger partial charge in [0.25, 0.3) is 0 Å². The number of carbonyl (C=O) groups is 1. The zero-order chi connectivity index (χ0) is 19.3. The quantitative estimate of drug-likeness (QED) is 0.752. The highest BCUT2D eigenvalue weighted by atomic mass is 35.5. The maximum Gasteiger partial charge on any atom is 0.319 e. The molecular formula is C18H14ClFN6O2. The molecule has 0 amide bonds. The van der Waals surface area contributed by atoms with E-state index >= 15 is 0 Å². The molecule has 0 spiro atoms. The van der Waals surface area contributed by atoms with Crippen LogP contribution in [0.1, 0.15) is 12.0 Å². The molecule has 1 saturated heterocycles. The lowest BCUT2D eigenvalue weighted by molar-refractivity contribution is -0.164. The van der Waals surface area contributed by atoms with Gasteiger partial charge < -0.3 is 9.72 Å². The third kappa shape index (κ3) is 2.92. The van der Waals surface area contributed by atoms with Crippen LogP contribution >= 0.6 is 11.6 Å². The molecule has 0 saturated carbocycles. The number of nitrogens with one attached hydrogen (secondary N) is 2. The van der Waals surface area contributed by atoms with Gasteiger partial charge in [-0.25, -0.2) is 24.3 Å². The van der Waals surface area contributed by atoms with Crippen LogP contribution in [-0.2, 0) is 9.53 Å². The van der Waals surface area contributed by atoms with E-state index in [0.29, 0.717) is 29.0 Å². The number of halogens is 2. The number of rotatable bonds is 2. The molecule has 4 heterocycles. The third-order valence-corrected chi connectivity index (χ3v) is 5.06. The van der Waals surface area contributed by atoms with Gasteiger partial charge in [0.2, 0.25) is 0 Å². The minimum absolute atomic E-state index is 0.167. The van der Waals surface area contributed by atoms with E-state index in [1.54, 1.807) is 12.3 Å². The molecule has 0 aromatic carbocycles. The molecule has 1 fully saturated rings. The molecule has 3 unspecified atom stereocenters. The molecule has 3 aliphatic rings. The van der Waals surface area contributed by atoms with E-state index < -0.39 is 24.3 Å². The highest BCUT2D eigenvalue weighted by Crippen LogP contribution is 2.28. The van der Waals surface area contributed by atoms with E-state index in [1.807, 2.05) is 0 Å². The van der Waals surface area contributed by atoms with Gasteiger partial charge >= 0.3 is 5.97 Å². The fourth-order valence-corrected chi connectivity index (χ4v) is 3.57. The molecule has 0 bridgehead atoms. The van der Waals surface area contributed by atoms with Gasteiger partial charge in [-0.2, -0.15) is 0 Å². The van der Waals surface area contributed by atoms with E-state index in [0.717, 1.165) is 0 Å². The van der Waals surface area contributed by atoms with Gasteiger partial charge in [-0.3, -0.25) is 10.1 Å². The number of carbonyl (C=O) groups excluding carboxylic acids is 1. The zero-order valence-corrected chi connectivity index (χ0v) is 15.1. The lowest BCUT2D eigenvalue weighted by Crippen LogP contribution is -2.57. The van der Waals surface area contributed by atoms with Gasteiger partial charge in [0.15, 0.2) is 17.7 Å². The van der Waals surface area contributed by atoms with Crippen LogP contribution in [0.15, 0.2) is 46.4 Å². The zero-order valence-electron chi connectivity index (χ0n) is 14.3. The Hall–Kier alpha value is -2.91. The summed E-state index contributed by atoms with van der Waals surface area (Å²) in [6.07, 6.45) is 8.51. The number of ether oxygens (including phenoxy) is 1. The fraction of sp³-hybridized carbons (Fsp3) is 0.278. The van der Waals surface area contributed by atoms with Crippen molar-refractivity contribution in [2.24, 2.45) is 21.8 Å². The molecule has 142 valence electrons. The van der Waals surface area contributed by atoms with Gasteiger partial charge in [-0.1, -0.05) is 17.7 Å². The van der Waals surface area contributed by atoms with Crippen LogP contribution in [0.2, 0.25) is 5.15 Å². The summed E-state index contributed by atoms with van der Waals surface area (Å²) in [5, 5.41) is 3.48. The largest absolute Gasteiger partial charge is 0.445 e. The predicted molar refractivity (Wildman–Crippen MR) is 101 cm³/mol. The summed E-state index contributed by atoms with van der Waals surface area (Å²) >= 11 is 5.95. The van der Waals surface area contributed by atoms with Gasteiger partial charge in [-0.15, -0.1) is 0 Å². The number of hydrogen-bond acceptors (Lipinski definition) is 7. The van der Waals surface area contributed by atoms with Crippen LogP contribution in [0, 0.1) is 11.8 Å². The first-order chi connectivity index (χ1) is 13.6. The van der Waals surface area contributed by atoms with Gasteiger partial charge in [0.1, 0.15) is 28.6 Å². The van der Waals surface area contributed by atoms with Crippen molar-refractivity contribution >= 4 is 40.8 Å². The average Bonchev–Trinajstić information content (AvgIpc) is 3.11. The van der Waals surface area contributed by atoms with Crippen LogP contribution in [0.25, 0.3) is 11.2 Å². The summed E-state index contributed by atoms with van der Waals surface area (Å²) in [7, 11) is 0. The molecule has 4 atom stereocenters. The Kier molecular flexibility index (Phi) is 4.06. The monoisotopic (exact) mass is 400 g/mol. The van der Waals surface area contributed by atoms with E-state index in [9.17, 15) is 9.18 Å². The van der Waals surface area contributed by atoms with E-state index in [4.69, 9.17) is 16.3 Å². The van der Waals surface area contributed by atoms with Crippen LogP contribution < -0.4 is 5.32 Å². The number of aromatic amines is 1. The molecule has 5 rings (SSSR count). The van der Waals surface area contributed by atoms with Crippen molar-refractivity contribution in [1.29, 1.82) is 0 Å². The maximum atomic E-state index is 13.2. The Morgan fingerprint density at radius 1 is 1.36 bits per heavy atom. The Bertz CT molecular complexity index is 1090. The summed E-state index contributed by atoms with van der Waals surface area (Å²) in [5.41, 5.74) is 1.75. The number of aromatic nitrogens is 3. The molecule has 8 nitrogen and oxygen atoms in total. The summed E-state index contributed by atoms with van der Waals surface area (Å²) in [6.45, 7) is 0. The van der Waals surface area contributed by atoms with Crippen molar-refractivity contribution in [3.63, 3.8) is 0 Å². The van der Waals surface area contributed by atoms with E-state index in [1.165, 1.54) is 24.6 Å². The highest BCUT2D eigenvalue weighted by Gasteiger charge is 2.41. The second-order valence-corrected chi connectivity index (χ2v) is 7.05. The maximum absolute atomic E-state index is 13.2. The molecular weight excluding hydrogens is 387 g/mol. The summed E-state index contributed by atoms with van der Waals surface area (Å²) in [6, 6.07) is 0. The third-order valence-electron chi connectivity index (χ3n) is 4.88. The highest BCUT2D eigenvalue weighted by molar-refractivity contribution is 6.29. The number of amidine groups is 1. The molecule has 2 N–H and O–H groups in total. The normalized spacial score (nSPS) is 29.3. The van der Waals surface area contributed by atoms with Crippen molar-refractivity contribution in [3.05, 3.63) is 47.2 Å². The molecule has 28 heavy (non-hydrogen) atoms. The van der Waals surface area contributed by atoms with E-state index in [-0.39, 0.29) is 16.9 Å². The predicted octanol–water partition coefficient (Wildman–Crippen LogP) is 2.29. The second kappa shape index (κ2) is 6.61. The number of fused-ring (bicyclic) bond motifs is 2. The van der Waals surface area contributed by atoms with Crippen molar-refractivity contribution in [3.8, 4) is 0 Å². The van der Waals surface area contributed by atoms with Crippen LogP contribution in [-0.4, -0.2) is 45.4 Å². The first kappa shape index (κ1) is 17.2. The van der Waals surface area contributed by atoms with Gasteiger partial charge in [-0.05, 0) is 18.6 Å². The van der Waals surface area contributed by atoms with Gasteiger partial charge in [0.05, 0.1) is 11.8 Å². The number of cyclic esters (lactones) is 1.